The molecule has 0 aliphatic carbocycles. The smallest absolute Gasteiger partial charge is 0.251 e. The number of aryl methyl sites for hydroxylation is 1. The molecule has 1 aromatic heterocycles. The number of ether oxygens (including phenoxy) is 2. The lowest BCUT2D eigenvalue weighted by Gasteiger charge is -2.11. The van der Waals surface area contributed by atoms with E-state index in [0.29, 0.717) is 37.0 Å². The summed E-state index contributed by atoms with van der Waals surface area (Å²) in [6.07, 6.45) is 0.797. The average molecular weight is 410 g/mol. The number of rotatable bonds is 10. The number of fused-ring (bicyclic) bond motifs is 1. The Morgan fingerprint density at radius 2 is 1.87 bits per heavy atom. The summed E-state index contributed by atoms with van der Waals surface area (Å²) in [5, 5.41) is 5.42. The van der Waals surface area contributed by atoms with Crippen LogP contribution in [0.3, 0.4) is 0 Å². The largest absolute Gasteiger partial charge is 0.497 e. The predicted molar refractivity (Wildman–Crippen MR) is 115 cm³/mol. The molecule has 0 bridgehead atoms. The van der Waals surface area contributed by atoms with Crippen molar-refractivity contribution in [2.45, 2.75) is 19.9 Å². The molecule has 158 valence electrons. The van der Waals surface area contributed by atoms with Crippen LogP contribution in [0.1, 0.15) is 23.7 Å². The summed E-state index contributed by atoms with van der Waals surface area (Å²) in [5.41, 5.74) is 2.19. The van der Waals surface area contributed by atoms with Crippen molar-refractivity contribution in [3.8, 4) is 5.75 Å². The number of para-hydroxylation sites is 2. The van der Waals surface area contributed by atoms with Crippen molar-refractivity contribution in [2.24, 2.45) is 0 Å². The number of imidazole rings is 1. The Kier molecular flexibility index (Phi) is 7.40. The molecule has 0 saturated heterocycles. The van der Waals surface area contributed by atoms with Crippen LogP contribution in [0.2, 0.25) is 0 Å². The summed E-state index contributed by atoms with van der Waals surface area (Å²) in [5.74, 6) is 0.431. The van der Waals surface area contributed by atoms with Crippen molar-refractivity contribution in [3.05, 3.63) is 54.1 Å². The second-order valence-electron chi connectivity index (χ2n) is 6.59. The molecule has 3 rings (SSSR count). The topological polar surface area (TPSA) is 94.5 Å². The maximum absolute atomic E-state index is 12.4. The zero-order valence-corrected chi connectivity index (χ0v) is 17.2. The van der Waals surface area contributed by atoms with Gasteiger partial charge in [0.2, 0.25) is 11.9 Å². The van der Waals surface area contributed by atoms with Crippen LogP contribution in [-0.4, -0.2) is 48.2 Å². The lowest BCUT2D eigenvalue weighted by atomic mass is 10.2. The van der Waals surface area contributed by atoms with Crippen LogP contribution < -0.4 is 15.4 Å². The van der Waals surface area contributed by atoms with Crippen LogP contribution in [0.25, 0.3) is 11.0 Å². The number of nitrogens with zero attached hydrogens (tertiary/aromatic N) is 2. The van der Waals surface area contributed by atoms with Gasteiger partial charge in [-0.1, -0.05) is 12.1 Å². The average Bonchev–Trinajstić information content (AvgIpc) is 3.12. The Bertz CT molecular complexity index is 998. The second-order valence-corrected chi connectivity index (χ2v) is 6.59. The molecule has 2 amide bonds. The zero-order valence-electron chi connectivity index (χ0n) is 17.2. The van der Waals surface area contributed by atoms with Gasteiger partial charge in [0, 0.05) is 25.3 Å². The van der Waals surface area contributed by atoms with Gasteiger partial charge in [-0.3, -0.25) is 14.9 Å². The van der Waals surface area contributed by atoms with Crippen LogP contribution in [-0.2, 0) is 16.1 Å². The first-order valence-electron chi connectivity index (χ1n) is 9.87. The van der Waals surface area contributed by atoms with Gasteiger partial charge >= 0.3 is 0 Å². The van der Waals surface area contributed by atoms with Gasteiger partial charge in [-0.05, 0) is 49.7 Å². The van der Waals surface area contributed by atoms with E-state index in [1.54, 1.807) is 31.4 Å². The van der Waals surface area contributed by atoms with E-state index in [9.17, 15) is 9.59 Å². The molecular formula is C22H26N4O4. The molecule has 0 fully saturated rings. The van der Waals surface area contributed by atoms with Gasteiger partial charge < -0.3 is 19.4 Å². The molecule has 0 atom stereocenters. The number of amides is 2. The van der Waals surface area contributed by atoms with E-state index in [0.717, 1.165) is 17.5 Å². The highest BCUT2D eigenvalue weighted by Crippen LogP contribution is 2.20. The fraction of sp³-hybridized carbons (Fsp3) is 0.318. The highest BCUT2D eigenvalue weighted by Gasteiger charge is 2.14. The van der Waals surface area contributed by atoms with Crippen molar-refractivity contribution in [2.75, 3.05) is 32.2 Å². The molecule has 0 aliphatic heterocycles. The molecule has 2 aromatic carbocycles. The van der Waals surface area contributed by atoms with E-state index >= 15 is 0 Å². The third-order valence-corrected chi connectivity index (χ3v) is 4.54. The van der Waals surface area contributed by atoms with Crippen LogP contribution in [0, 0.1) is 0 Å². The molecule has 2 N–H and O–H groups in total. The summed E-state index contributed by atoms with van der Waals surface area (Å²) in [4.78, 5) is 29.2. The van der Waals surface area contributed by atoms with E-state index in [1.807, 2.05) is 35.8 Å². The number of carbonyl (C=O) groups is 2. The van der Waals surface area contributed by atoms with Gasteiger partial charge in [-0.15, -0.1) is 0 Å². The first kappa shape index (κ1) is 21.3. The summed E-state index contributed by atoms with van der Waals surface area (Å²) < 4.78 is 12.4. The van der Waals surface area contributed by atoms with Crippen molar-refractivity contribution < 1.29 is 19.1 Å². The molecule has 0 saturated carbocycles. The number of anilines is 1. The normalized spacial score (nSPS) is 10.7. The van der Waals surface area contributed by atoms with E-state index in [4.69, 9.17) is 9.47 Å². The number of nitrogens with one attached hydrogen (secondary N) is 2. The Hall–Kier alpha value is -3.39. The number of hydrogen-bond acceptors (Lipinski definition) is 5. The lowest BCUT2D eigenvalue weighted by molar-refractivity contribution is -0.115. The van der Waals surface area contributed by atoms with Gasteiger partial charge in [0.15, 0.2) is 0 Å². The summed E-state index contributed by atoms with van der Waals surface area (Å²) in [6, 6.07) is 14.4. The third kappa shape index (κ3) is 5.36. The number of aromatic nitrogens is 2. The van der Waals surface area contributed by atoms with Crippen molar-refractivity contribution in [1.29, 1.82) is 0 Å². The molecule has 0 unspecified atom stereocenters. The third-order valence-electron chi connectivity index (χ3n) is 4.54. The minimum absolute atomic E-state index is 0.160. The SMILES string of the molecule is CCOCCCn1c(NC(=O)CNC(=O)c2ccc(OC)cc2)nc2ccccc21. The Balaban J connectivity index is 1.62. The molecule has 1 heterocycles. The molecule has 0 spiro atoms. The highest BCUT2D eigenvalue weighted by molar-refractivity contribution is 5.99. The van der Waals surface area contributed by atoms with Crippen LogP contribution >= 0.6 is 0 Å². The van der Waals surface area contributed by atoms with Crippen LogP contribution in [0.4, 0.5) is 5.95 Å². The minimum Gasteiger partial charge on any atom is -0.497 e. The molecule has 0 aliphatic rings. The number of carbonyl (C=O) groups excluding carboxylic acids is 2. The van der Waals surface area contributed by atoms with E-state index < -0.39 is 0 Å². The first-order chi connectivity index (χ1) is 14.6. The summed E-state index contributed by atoms with van der Waals surface area (Å²) in [7, 11) is 1.56. The van der Waals surface area contributed by atoms with E-state index in [1.165, 1.54) is 0 Å². The van der Waals surface area contributed by atoms with Gasteiger partial charge in [-0.2, -0.15) is 0 Å². The number of methoxy groups -OCH3 is 1. The predicted octanol–water partition coefficient (Wildman–Crippen LogP) is 2.84. The minimum atomic E-state index is -0.349. The monoisotopic (exact) mass is 410 g/mol. The highest BCUT2D eigenvalue weighted by atomic mass is 16.5. The Morgan fingerprint density at radius 3 is 2.60 bits per heavy atom. The quantitative estimate of drug-likeness (QED) is 0.501. The zero-order chi connectivity index (χ0) is 21.3. The molecule has 30 heavy (non-hydrogen) atoms. The van der Waals surface area contributed by atoms with Crippen LogP contribution in [0.5, 0.6) is 5.75 Å². The van der Waals surface area contributed by atoms with Gasteiger partial charge in [0.05, 0.1) is 24.7 Å². The summed E-state index contributed by atoms with van der Waals surface area (Å²) in [6.45, 7) is 3.76. The second kappa shape index (κ2) is 10.4. The fourth-order valence-corrected chi connectivity index (χ4v) is 3.04. The molecule has 0 radical (unpaired) electrons. The van der Waals surface area contributed by atoms with Crippen molar-refractivity contribution in [3.63, 3.8) is 0 Å². The Morgan fingerprint density at radius 1 is 1.10 bits per heavy atom. The number of benzene rings is 2. The molecular weight excluding hydrogens is 384 g/mol. The van der Waals surface area contributed by atoms with Gasteiger partial charge in [0.1, 0.15) is 5.75 Å². The van der Waals surface area contributed by atoms with Crippen molar-refractivity contribution >= 4 is 28.8 Å². The standard InChI is InChI=1S/C22H26N4O4/c1-3-30-14-6-13-26-19-8-5-4-7-18(19)24-22(26)25-20(27)15-23-21(28)16-9-11-17(29-2)12-10-16/h4-5,7-12H,3,6,13-15H2,1-2H3,(H,23,28)(H,24,25,27). The van der Waals surface area contributed by atoms with Crippen LogP contribution in [0.15, 0.2) is 48.5 Å². The Labute approximate surface area is 175 Å². The number of hydrogen-bond donors (Lipinski definition) is 2. The van der Waals surface area contributed by atoms with Crippen molar-refractivity contribution in [1.82, 2.24) is 14.9 Å². The maximum Gasteiger partial charge on any atom is 0.251 e. The first-order valence-corrected chi connectivity index (χ1v) is 9.87. The molecule has 3 aromatic rings. The van der Waals surface area contributed by atoms with Gasteiger partial charge in [-0.25, -0.2) is 4.98 Å². The molecule has 8 nitrogen and oxygen atoms in total. The van der Waals surface area contributed by atoms with E-state index in [2.05, 4.69) is 15.6 Å². The van der Waals surface area contributed by atoms with E-state index in [-0.39, 0.29) is 18.4 Å². The summed E-state index contributed by atoms with van der Waals surface area (Å²) >= 11 is 0. The fourth-order valence-electron chi connectivity index (χ4n) is 3.04. The van der Waals surface area contributed by atoms with Gasteiger partial charge in [0.25, 0.3) is 5.91 Å². The maximum atomic E-state index is 12.4. The lowest BCUT2D eigenvalue weighted by Crippen LogP contribution is -2.33. The molecule has 8 heteroatoms.